The molecular weight excluding hydrogens is 504 g/mol. The molecule has 0 atom stereocenters. The summed E-state index contributed by atoms with van der Waals surface area (Å²) in [5, 5.41) is 20.4. The molecule has 0 aromatic heterocycles. The highest BCUT2D eigenvalue weighted by molar-refractivity contribution is 6.31. The molecule has 3 aromatic carbocycles. The maximum atomic E-state index is 14.6. The van der Waals surface area contributed by atoms with Gasteiger partial charge in [-0.05, 0) is 55.2 Å². The zero-order valence-corrected chi connectivity index (χ0v) is 23.1. The number of allylic oxidation sites excluding steroid dienone is 2. The Labute approximate surface area is 228 Å². The third-order valence-corrected chi connectivity index (χ3v) is 7.67. The Kier molecular flexibility index (Phi) is 7.76. The monoisotopic (exact) mass is 536 g/mol. The van der Waals surface area contributed by atoms with Gasteiger partial charge in [0, 0.05) is 48.0 Å². The SMILES string of the molecule is C[CH+]c1cc(-c2ccc(N3C=C(C(C)(C)O)CC=C3C(C)(C)c3cccc(F)c3Cl)cc2)cc(F)c1CO. The molecule has 3 aromatic rings. The van der Waals surface area contributed by atoms with Gasteiger partial charge in [0.1, 0.15) is 23.6 Å². The number of nitrogens with zero attached hydrogens (tertiary/aromatic N) is 1. The highest BCUT2D eigenvalue weighted by Gasteiger charge is 2.35. The van der Waals surface area contributed by atoms with E-state index in [1.807, 2.05) is 68.3 Å². The molecule has 0 spiro atoms. The van der Waals surface area contributed by atoms with Crippen LogP contribution >= 0.6 is 11.6 Å². The molecule has 6 heteroatoms. The first-order chi connectivity index (χ1) is 17.9. The molecule has 0 bridgehead atoms. The lowest BCUT2D eigenvalue weighted by atomic mass is 9.78. The van der Waals surface area contributed by atoms with Crippen molar-refractivity contribution in [2.75, 3.05) is 4.90 Å². The van der Waals surface area contributed by atoms with E-state index in [-0.39, 0.29) is 17.2 Å². The van der Waals surface area contributed by atoms with E-state index in [4.69, 9.17) is 11.6 Å². The van der Waals surface area contributed by atoms with E-state index in [1.165, 1.54) is 12.1 Å². The van der Waals surface area contributed by atoms with Gasteiger partial charge in [0.05, 0.1) is 16.7 Å². The maximum absolute atomic E-state index is 14.6. The van der Waals surface area contributed by atoms with Crippen molar-refractivity contribution < 1.29 is 19.0 Å². The van der Waals surface area contributed by atoms with Crippen molar-refractivity contribution in [1.29, 1.82) is 0 Å². The van der Waals surface area contributed by atoms with Crippen molar-refractivity contribution in [2.24, 2.45) is 0 Å². The van der Waals surface area contributed by atoms with Crippen LogP contribution in [0.15, 0.2) is 78.1 Å². The van der Waals surface area contributed by atoms with Gasteiger partial charge in [-0.3, -0.25) is 0 Å². The van der Waals surface area contributed by atoms with Gasteiger partial charge in [-0.2, -0.15) is 4.39 Å². The predicted molar refractivity (Wildman–Crippen MR) is 151 cm³/mol. The van der Waals surface area contributed by atoms with Crippen molar-refractivity contribution in [2.45, 2.75) is 58.7 Å². The molecule has 0 aliphatic carbocycles. The molecule has 2 N–H and O–H groups in total. The van der Waals surface area contributed by atoms with Crippen LogP contribution < -0.4 is 4.90 Å². The third kappa shape index (κ3) is 5.24. The highest BCUT2D eigenvalue weighted by atomic mass is 35.5. The first-order valence-electron chi connectivity index (χ1n) is 12.6. The second-order valence-electron chi connectivity index (χ2n) is 10.6. The van der Waals surface area contributed by atoms with Crippen molar-refractivity contribution in [1.82, 2.24) is 0 Å². The Morgan fingerprint density at radius 2 is 1.66 bits per heavy atom. The number of benzene rings is 3. The quantitative estimate of drug-likeness (QED) is 0.300. The fourth-order valence-corrected chi connectivity index (χ4v) is 5.31. The summed E-state index contributed by atoms with van der Waals surface area (Å²) >= 11 is 6.41. The zero-order chi connectivity index (χ0) is 27.8. The number of halogens is 3. The Bertz CT molecular complexity index is 1400. The normalized spacial score (nSPS) is 14.3. The molecular formula is C32H33ClF2NO2+. The van der Waals surface area contributed by atoms with Gasteiger partial charge in [0.2, 0.25) is 0 Å². The molecule has 0 fully saturated rings. The van der Waals surface area contributed by atoms with E-state index in [2.05, 4.69) is 6.08 Å². The largest absolute Gasteiger partial charge is 0.386 e. The van der Waals surface area contributed by atoms with Crippen molar-refractivity contribution in [3.8, 4) is 11.1 Å². The zero-order valence-electron chi connectivity index (χ0n) is 22.3. The molecule has 0 saturated carbocycles. The van der Waals surface area contributed by atoms with Crippen LogP contribution in [0.5, 0.6) is 0 Å². The van der Waals surface area contributed by atoms with Gasteiger partial charge in [-0.25, -0.2) is 4.39 Å². The van der Waals surface area contributed by atoms with Crippen LogP contribution in [0.1, 0.15) is 57.7 Å². The summed E-state index contributed by atoms with van der Waals surface area (Å²) < 4.78 is 29.0. The standard InChI is InChI=1S/C32H33ClF2NO2/c1-6-20-16-22(17-28(35)25(20)19-37)21-10-13-24(14-11-21)36-18-23(32(4,5)38)12-15-29(36)31(2,3)26-8-7-9-27(34)30(26)33/h6-11,13-18,37-38H,12,19H2,1-5H3/q+1. The molecule has 0 radical (unpaired) electrons. The molecule has 3 nitrogen and oxygen atoms in total. The number of aliphatic hydroxyl groups is 2. The fraction of sp³-hybridized carbons (Fsp3) is 0.281. The molecule has 1 aliphatic rings. The topological polar surface area (TPSA) is 43.7 Å². The van der Waals surface area contributed by atoms with Crippen LogP contribution in [0.2, 0.25) is 5.02 Å². The number of rotatable bonds is 7. The summed E-state index contributed by atoms with van der Waals surface area (Å²) in [5.41, 5.74) is 3.98. The fourth-order valence-electron chi connectivity index (χ4n) is 4.95. The summed E-state index contributed by atoms with van der Waals surface area (Å²) in [6.45, 7) is 8.94. The highest BCUT2D eigenvalue weighted by Crippen LogP contribution is 2.43. The molecule has 1 aliphatic heterocycles. The molecule has 1 heterocycles. The van der Waals surface area contributed by atoms with E-state index >= 15 is 0 Å². The minimum absolute atomic E-state index is 0.0860. The lowest BCUT2D eigenvalue weighted by Crippen LogP contribution is -2.36. The smallest absolute Gasteiger partial charge is 0.186 e. The summed E-state index contributed by atoms with van der Waals surface area (Å²) in [4.78, 5) is 2.00. The third-order valence-electron chi connectivity index (χ3n) is 7.29. The van der Waals surface area contributed by atoms with Gasteiger partial charge in [0.25, 0.3) is 0 Å². The van der Waals surface area contributed by atoms with Gasteiger partial charge < -0.3 is 15.1 Å². The summed E-state index contributed by atoms with van der Waals surface area (Å²) in [6.07, 6.45) is 6.30. The average Bonchev–Trinajstić information content (AvgIpc) is 2.88. The number of anilines is 1. The van der Waals surface area contributed by atoms with Crippen LogP contribution in [0, 0.1) is 18.1 Å². The van der Waals surface area contributed by atoms with Crippen LogP contribution in [0.25, 0.3) is 11.1 Å². The van der Waals surface area contributed by atoms with Crippen LogP contribution in [-0.4, -0.2) is 15.8 Å². The Morgan fingerprint density at radius 3 is 2.26 bits per heavy atom. The average molecular weight is 537 g/mol. The van der Waals surface area contributed by atoms with Crippen molar-refractivity contribution >= 4 is 17.3 Å². The molecule has 0 amide bonds. The van der Waals surface area contributed by atoms with Crippen molar-refractivity contribution in [3.63, 3.8) is 0 Å². The Hall–Kier alpha value is -3.12. The van der Waals surface area contributed by atoms with Crippen LogP contribution in [0.4, 0.5) is 14.5 Å². The molecule has 198 valence electrons. The maximum Gasteiger partial charge on any atom is 0.186 e. The molecule has 4 rings (SSSR count). The number of aliphatic hydroxyl groups excluding tert-OH is 1. The minimum Gasteiger partial charge on any atom is -0.386 e. The summed E-state index contributed by atoms with van der Waals surface area (Å²) in [6, 6.07) is 15.8. The first-order valence-corrected chi connectivity index (χ1v) is 13.0. The number of hydrogen-bond acceptors (Lipinski definition) is 3. The van der Waals surface area contributed by atoms with Crippen LogP contribution in [-0.2, 0) is 12.0 Å². The van der Waals surface area contributed by atoms with E-state index in [0.717, 1.165) is 22.5 Å². The van der Waals surface area contributed by atoms with Crippen LogP contribution in [0.3, 0.4) is 0 Å². The second-order valence-corrected chi connectivity index (χ2v) is 11.0. The van der Waals surface area contributed by atoms with E-state index in [0.29, 0.717) is 23.1 Å². The minimum atomic E-state index is -1.03. The van der Waals surface area contributed by atoms with Crippen molar-refractivity contribution in [3.05, 3.63) is 118 Å². The lowest BCUT2D eigenvalue weighted by molar-refractivity contribution is 0.117. The van der Waals surface area contributed by atoms with Gasteiger partial charge in [0.15, 0.2) is 5.82 Å². The second kappa shape index (κ2) is 10.6. The van der Waals surface area contributed by atoms with Gasteiger partial charge >= 0.3 is 0 Å². The first kappa shape index (κ1) is 27.9. The predicted octanol–water partition coefficient (Wildman–Crippen LogP) is 8.08. The summed E-state index contributed by atoms with van der Waals surface area (Å²) in [7, 11) is 0. The molecule has 0 saturated heterocycles. The van der Waals surface area contributed by atoms with E-state index in [1.54, 1.807) is 26.3 Å². The molecule has 38 heavy (non-hydrogen) atoms. The van der Waals surface area contributed by atoms with Gasteiger partial charge in [-0.15, -0.1) is 0 Å². The number of hydrogen-bond donors (Lipinski definition) is 2. The summed E-state index contributed by atoms with van der Waals surface area (Å²) in [5.74, 6) is -0.921. The Balaban J connectivity index is 1.78. The van der Waals surface area contributed by atoms with E-state index < -0.39 is 22.7 Å². The lowest BCUT2D eigenvalue weighted by Gasteiger charge is -2.40. The Morgan fingerprint density at radius 1 is 0.974 bits per heavy atom. The molecule has 0 unspecified atom stereocenters. The van der Waals surface area contributed by atoms with E-state index in [9.17, 15) is 19.0 Å². The van der Waals surface area contributed by atoms with Gasteiger partial charge in [-0.1, -0.05) is 55.8 Å².